The van der Waals surface area contributed by atoms with E-state index in [4.69, 9.17) is 5.73 Å². The van der Waals surface area contributed by atoms with Crippen LogP contribution in [0.1, 0.15) is 33.6 Å². The Hall–Kier alpha value is -0.370. The summed E-state index contributed by atoms with van der Waals surface area (Å²) >= 11 is 0. The van der Waals surface area contributed by atoms with Gasteiger partial charge in [-0.2, -0.15) is 0 Å². The first-order valence-corrected chi connectivity index (χ1v) is 4.23. The van der Waals surface area contributed by atoms with E-state index in [-0.39, 0.29) is 17.2 Å². The van der Waals surface area contributed by atoms with E-state index in [0.717, 1.165) is 12.8 Å². The quantitative estimate of drug-likeness (QED) is 0.654. The van der Waals surface area contributed by atoms with Crippen LogP contribution in [0.4, 0.5) is 0 Å². The highest BCUT2D eigenvalue weighted by Gasteiger charge is 2.37. The van der Waals surface area contributed by atoms with Crippen molar-refractivity contribution in [3.63, 3.8) is 0 Å². The summed E-state index contributed by atoms with van der Waals surface area (Å²) in [5, 5.41) is 0. The number of hydrogen-bond donors (Lipinski definition) is 1. The molecule has 0 heterocycles. The molecule has 64 valence electrons. The molecular formula is C9H17NO. The van der Waals surface area contributed by atoms with E-state index in [1.54, 1.807) is 0 Å². The number of nitrogens with two attached hydrogens (primary N) is 1. The zero-order valence-electron chi connectivity index (χ0n) is 7.55. The predicted octanol–water partition coefficient (Wildman–Crippen LogP) is 1.34. The lowest BCUT2D eigenvalue weighted by atomic mass is 9.85. The molecule has 0 aliphatic heterocycles. The van der Waals surface area contributed by atoms with Crippen LogP contribution >= 0.6 is 0 Å². The van der Waals surface area contributed by atoms with Gasteiger partial charge < -0.3 is 5.73 Å². The van der Waals surface area contributed by atoms with Crippen molar-refractivity contribution in [1.82, 2.24) is 0 Å². The average Bonchev–Trinajstić information content (AvgIpc) is 2.63. The Balaban J connectivity index is 2.52. The number of Topliss-reactive ketones (excluding diaryl/α,β-unsaturated/α-hetero) is 1. The van der Waals surface area contributed by atoms with Crippen LogP contribution < -0.4 is 5.73 Å². The molecule has 0 unspecified atom stereocenters. The zero-order chi connectivity index (χ0) is 8.65. The minimum absolute atomic E-state index is 0.199. The zero-order valence-corrected chi connectivity index (χ0v) is 7.55. The first-order valence-electron chi connectivity index (χ1n) is 4.23. The Morgan fingerprint density at radius 2 is 1.91 bits per heavy atom. The second-order valence-electron chi connectivity index (χ2n) is 4.48. The van der Waals surface area contributed by atoms with E-state index >= 15 is 0 Å². The summed E-state index contributed by atoms with van der Waals surface area (Å²) in [5.41, 5.74) is 5.50. The van der Waals surface area contributed by atoms with E-state index in [9.17, 15) is 4.79 Å². The molecule has 0 aromatic rings. The van der Waals surface area contributed by atoms with Crippen molar-refractivity contribution < 1.29 is 4.79 Å². The molecule has 2 nitrogen and oxygen atoms in total. The smallest absolute Gasteiger partial charge is 0.155 e. The van der Waals surface area contributed by atoms with Crippen molar-refractivity contribution in [2.75, 3.05) is 0 Å². The van der Waals surface area contributed by atoms with E-state index < -0.39 is 0 Å². The van der Waals surface area contributed by atoms with Crippen LogP contribution in [-0.2, 0) is 4.79 Å². The minimum Gasteiger partial charge on any atom is -0.321 e. The van der Waals surface area contributed by atoms with Gasteiger partial charge in [-0.15, -0.1) is 0 Å². The molecular weight excluding hydrogens is 138 g/mol. The van der Waals surface area contributed by atoms with Crippen molar-refractivity contribution in [2.45, 2.75) is 39.7 Å². The molecule has 2 heteroatoms. The summed E-state index contributed by atoms with van der Waals surface area (Å²) in [6, 6.07) is -0.199. The van der Waals surface area contributed by atoms with Crippen molar-refractivity contribution in [3.8, 4) is 0 Å². The Kier molecular flexibility index (Phi) is 2.06. The second-order valence-corrected chi connectivity index (χ2v) is 4.48. The van der Waals surface area contributed by atoms with Gasteiger partial charge in [-0.05, 0) is 18.8 Å². The summed E-state index contributed by atoms with van der Waals surface area (Å²) in [4.78, 5) is 11.5. The van der Waals surface area contributed by atoms with Gasteiger partial charge in [0.1, 0.15) is 0 Å². The highest BCUT2D eigenvalue weighted by molar-refractivity contribution is 5.89. The first-order chi connectivity index (χ1) is 4.93. The number of rotatable bonds is 2. The van der Waals surface area contributed by atoms with Gasteiger partial charge in [-0.3, -0.25) is 4.79 Å². The minimum atomic E-state index is -0.262. The van der Waals surface area contributed by atoms with Crippen LogP contribution in [0.25, 0.3) is 0 Å². The third kappa shape index (κ3) is 2.03. The number of ketones is 1. The van der Waals surface area contributed by atoms with Gasteiger partial charge in [-0.1, -0.05) is 20.8 Å². The van der Waals surface area contributed by atoms with Crippen molar-refractivity contribution in [2.24, 2.45) is 17.1 Å². The molecule has 1 fully saturated rings. The molecule has 1 saturated carbocycles. The van der Waals surface area contributed by atoms with Crippen LogP contribution in [0.3, 0.4) is 0 Å². The first kappa shape index (κ1) is 8.72. The molecule has 1 aliphatic rings. The van der Waals surface area contributed by atoms with Crippen LogP contribution in [0.15, 0.2) is 0 Å². The summed E-state index contributed by atoms with van der Waals surface area (Å²) in [5.74, 6) is 0.696. The van der Waals surface area contributed by atoms with Gasteiger partial charge in [0.15, 0.2) is 5.78 Å². The molecule has 0 bridgehead atoms. The average molecular weight is 155 g/mol. The van der Waals surface area contributed by atoms with Crippen molar-refractivity contribution in [3.05, 3.63) is 0 Å². The molecule has 1 aliphatic carbocycles. The molecule has 2 N–H and O–H groups in total. The molecule has 0 amide bonds. The Morgan fingerprint density at radius 3 is 2.18 bits per heavy atom. The molecule has 0 radical (unpaired) electrons. The fraction of sp³-hybridized carbons (Fsp3) is 0.889. The number of hydrogen-bond acceptors (Lipinski definition) is 2. The largest absolute Gasteiger partial charge is 0.321 e. The second kappa shape index (κ2) is 2.59. The number of carbonyl (C=O) groups is 1. The van der Waals surface area contributed by atoms with Crippen LogP contribution in [0, 0.1) is 11.3 Å². The highest BCUT2D eigenvalue weighted by Crippen LogP contribution is 2.34. The fourth-order valence-corrected chi connectivity index (χ4v) is 1.17. The Labute approximate surface area is 68.2 Å². The molecule has 0 aromatic carbocycles. The summed E-state index contributed by atoms with van der Waals surface area (Å²) < 4.78 is 0. The van der Waals surface area contributed by atoms with Gasteiger partial charge in [0.2, 0.25) is 0 Å². The Morgan fingerprint density at radius 1 is 1.45 bits per heavy atom. The summed E-state index contributed by atoms with van der Waals surface area (Å²) in [6.07, 6.45) is 2.28. The lowest BCUT2D eigenvalue weighted by Gasteiger charge is -2.21. The lowest BCUT2D eigenvalue weighted by molar-refractivity contribution is -0.128. The fourth-order valence-electron chi connectivity index (χ4n) is 1.17. The third-order valence-electron chi connectivity index (χ3n) is 2.17. The normalized spacial score (nSPS) is 21.5. The van der Waals surface area contributed by atoms with Gasteiger partial charge in [-0.25, -0.2) is 0 Å². The molecule has 1 atom stereocenters. The predicted molar refractivity (Wildman–Crippen MR) is 45.2 cm³/mol. The van der Waals surface area contributed by atoms with E-state index in [0.29, 0.717) is 5.92 Å². The maximum absolute atomic E-state index is 11.5. The van der Waals surface area contributed by atoms with Crippen LogP contribution in [0.2, 0.25) is 0 Å². The molecule has 0 saturated heterocycles. The SMILES string of the molecule is CC(C)(C)C(=O)[C@H](N)C1CC1. The van der Waals surface area contributed by atoms with Gasteiger partial charge in [0.05, 0.1) is 6.04 Å². The number of carbonyl (C=O) groups excluding carboxylic acids is 1. The Bertz CT molecular complexity index is 165. The molecule has 0 aromatic heterocycles. The molecule has 11 heavy (non-hydrogen) atoms. The standard InChI is InChI=1S/C9H17NO/c1-9(2,3)8(11)7(10)6-4-5-6/h6-7H,4-5,10H2,1-3H3/t7-/m1/s1. The van der Waals surface area contributed by atoms with Gasteiger partial charge in [0.25, 0.3) is 0 Å². The van der Waals surface area contributed by atoms with Crippen molar-refractivity contribution >= 4 is 5.78 Å². The van der Waals surface area contributed by atoms with Crippen molar-refractivity contribution in [1.29, 1.82) is 0 Å². The van der Waals surface area contributed by atoms with E-state index in [2.05, 4.69) is 0 Å². The maximum atomic E-state index is 11.5. The monoisotopic (exact) mass is 155 g/mol. The van der Waals surface area contributed by atoms with Crippen LogP contribution in [0.5, 0.6) is 0 Å². The molecule has 0 spiro atoms. The van der Waals surface area contributed by atoms with E-state index in [1.807, 2.05) is 20.8 Å². The third-order valence-corrected chi connectivity index (χ3v) is 2.17. The molecule has 1 rings (SSSR count). The van der Waals surface area contributed by atoms with Crippen LogP contribution in [-0.4, -0.2) is 11.8 Å². The van der Waals surface area contributed by atoms with Gasteiger partial charge >= 0.3 is 0 Å². The topological polar surface area (TPSA) is 43.1 Å². The summed E-state index contributed by atoms with van der Waals surface area (Å²) in [7, 11) is 0. The van der Waals surface area contributed by atoms with Gasteiger partial charge in [0, 0.05) is 5.41 Å². The highest BCUT2D eigenvalue weighted by atomic mass is 16.1. The van der Waals surface area contributed by atoms with E-state index in [1.165, 1.54) is 0 Å². The summed E-state index contributed by atoms with van der Waals surface area (Å²) in [6.45, 7) is 5.78. The maximum Gasteiger partial charge on any atom is 0.155 e. The lowest BCUT2D eigenvalue weighted by Crippen LogP contribution is -2.40.